The van der Waals surface area contributed by atoms with E-state index in [-0.39, 0.29) is 11.5 Å². The number of hydrogen-bond donors (Lipinski definition) is 2. The number of nitrogens with one attached hydrogen (secondary N) is 3. The van der Waals surface area contributed by atoms with Crippen molar-refractivity contribution in [3.8, 4) is 0 Å². The number of hydrogen-bond acceptors (Lipinski definition) is 5. The Morgan fingerprint density at radius 3 is 2.89 bits per heavy atom. The van der Waals surface area contributed by atoms with Gasteiger partial charge in [0.15, 0.2) is 0 Å². The molecule has 148 valence electrons. The van der Waals surface area contributed by atoms with Crippen LogP contribution in [0.2, 0.25) is 0 Å². The van der Waals surface area contributed by atoms with Crippen LogP contribution in [-0.2, 0) is 4.74 Å². The van der Waals surface area contributed by atoms with Gasteiger partial charge in [-0.25, -0.2) is 9.78 Å². The summed E-state index contributed by atoms with van der Waals surface area (Å²) in [5.41, 5.74) is 2.18. The Morgan fingerprint density at radius 2 is 2.14 bits per heavy atom. The number of aromatic amines is 1. The van der Waals surface area contributed by atoms with Crippen LogP contribution in [0.4, 0.5) is 5.82 Å². The normalized spacial score (nSPS) is 11.1. The predicted octanol–water partition coefficient (Wildman–Crippen LogP) is 1.56. The number of fused-ring (bicyclic) bond motifs is 2. The number of carbonyl (C=O) groups is 1. The molecule has 3 heterocycles. The standard InChI is InChI=1S/C20H25N5O3/c1-4-21-19(26)14-11-15-18(24-17(14)22-9-6-10-28-5-2)23-16-8-7-13(3)12-25(16)20(15)27/h7-8,11-12H,4-6,9-10H2,1-3H3,(H,21,26)(H,22,24)/p+1. The van der Waals surface area contributed by atoms with Gasteiger partial charge >= 0.3 is 5.56 Å². The number of anilines is 1. The number of nitrogens with zero attached hydrogens (tertiary/aromatic N) is 2. The molecule has 3 aromatic heterocycles. The van der Waals surface area contributed by atoms with Crippen molar-refractivity contribution in [3.05, 3.63) is 45.9 Å². The van der Waals surface area contributed by atoms with Crippen LogP contribution < -0.4 is 21.2 Å². The summed E-state index contributed by atoms with van der Waals surface area (Å²) in [6.07, 6.45) is 2.55. The van der Waals surface area contributed by atoms with E-state index in [0.717, 1.165) is 12.0 Å². The van der Waals surface area contributed by atoms with E-state index in [1.165, 1.54) is 4.40 Å². The van der Waals surface area contributed by atoms with Gasteiger partial charge in [0.25, 0.3) is 11.6 Å². The molecule has 0 radical (unpaired) electrons. The first-order valence-corrected chi connectivity index (χ1v) is 9.54. The molecule has 0 aliphatic carbocycles. The summed E-state index contributed by atoms with van der Waals surface area (Å²) in [6, 6.07) is 5.36. The molecule has 0 aliphatic rings. The molecule has 8 nitrogen and oxygen atoms in total. The summed E-state index contributed by atoms with van der Waals surface area (Å²) in [6.45, 7) is 8.12. The van der Waals surface area contributed by atoms with Gasteiger partial charge < -0.3 is 15.4 Å². The largest absolute Gasteiger partial charge is 0.382 e. The van der Waals surface area contributed by atoms with Crippen molar-refractivity contribution in [2.45, 2.75) is 27.2 Å². The van der Waals surface area contributed by atoms with Crippen LogP contribution in [0.25, 0.3) is 16.7 Å². The zero-order chi connectivity index (χ0) is 20.1. The molecule has 3 N–H and O–H groups in total. The number of ether oxygens (including phenoxy) is 1. The molecule has 0 atom stereocenters. The van der Waals surface area contributed by atoms with Crippen molar-refractivity contribution in [3.63, 3.8) is 0 Å². The highest BCUT2D eigenvalue weighted by molar-refractivity contribution is 6.01. The number of pyridine rings is 2. The average molecular weight is 384 g/mol. The highest BCUT2D eigenvalue weighted by Crippen LogP contribution is 2.17. The summed E-state index contributed by atoms with van der Waals surface area (Å²) in [4.78, 5) is 33.2. The second kappa shape index (κ2) is 8.79. The molecule has 0 unspecified atom stereocenters. The second-order valence-corrected chi connectivity index (χ2v) is 6.51. The summed E-state index contributed by atoms with van der Waals surface area (Å²) < 4.78 is 6.88. The van der Waals surface area contributed by atoms with Gasteiger partial charge in [-0.05, 0) is 44.9 Å². The number of rotatable bonds is 8. The highest BCUT2D eigenvalue weighted by atomic mass is 16.5. The van der Waals surface area contributed by atoms with Crippen LogP contribution in [-0.4, -0.2) is 41.6 Å². The molecular weight excluding hydrogens is 358 g/mol. The molecule has 0 bridgehead atoms. The Labute approximate surface area is 163 Å². The minimum atomic E-state index is -0.266. The fourth-order valence-electron chi connectivity index (χ4n) is 2.99. The van der Waals surface area contributed by atoms with Gasteiger partial charge in [-0.1, -0.05) is 4.98 Å². The Hall–Kier alpha value is -3.00. The molecule has 3 aromatic rings. The van der Waals surface area contributed by atoms with Gasteiger partial charge in [0.2, 0.25) is 11.5 Å². The third-order valence-electron chi connectivity index (χ3n) is 4.36. The third-order valence-corrected chi connectivity index (χ3v) is 4.36. The quantitative estimate of drug-likeness (QED) is 0.454. The van der Waals surface area contributed by atoms with Gasteiger partial charge in [-0.15, -0.1) is 0 Å². The fraction of sp³-hybridized carbons (Fsp3) is 0.400. The lowest BCUT2D eigenvalue weighted by molar-refractivity contribution is -0.319. The number of aryl methyl sites for hydroxylation is 1. The third kappa shape index (κ3) is 4.12. The maximum absolute atomic E-state index is 13.0. The first-order chi connectivity index (χ1) is 13.5. The molecule has 0 saturated carbocycles. The first-order valence-electron chi connectivity index (χ1n) is 9.54. The fourth-order valence-corrected chi connectivity index (χ4v) is 2.99. The molecular formula is C20H26N5O3+. The van der Waals surface area contributed by atoms with Crippen molar-refractivity contribution in [2.75, 3.05) is 31.6 Å². The molecule has 0 fully saturated rings. The summed E-state index contributed by atoms with van der Waals surface area (Å²) in [5, 5.41) is 6.35. The summed E-state index contributed by atoms with van der Waals surface area (Å²) >= 11 is 0. The molecule has 8 heteroatoms. The van der Waals surface area contributed by atoms with Gasteiger partial charge in [0.1, 0.15) is 10.9 Å². The van der Waals surface area contributed by atoms with Gasteiger partial charge in [-0.2, -0.15) is 4.40 Å². The van der Waals surface area contributed by atoms with E-state index in [1.54, 1.807) is 12.3 Å². The lowest BCUT2D eigenvalue weighted by Gasteiger charge is -2.09. The van der Waals surface area contributed by atoms with Crippen LogP contribution >= 0.6 is 0 Å². The Morgan fingerprint density at radius 1 is 1.32 bits per heavy atom. The van der Waals surface area contributed by atoms with Crippen molar-refractivity contribution >= 4 is 28.4 Å². The SMILES string of the molecule is CCNC(=O)c1cc2c(=O)n3cc(C)ccc3[nH+]c2nc1NCCCOCC. The number of H-pyrrole nitrogens is 1. The van der Waals surface area contributed by atoms with Gasteiger partial charge in [0.05, 0.1) is 6.20 Å². The zero-order valence-electron chi connectivity index (χ0n) is 16.5. The van der Waals surface area contributed by atoms with Crippen molar-refractivity contribution in [1.29, 1.82) is 0 Å². The van der Waals surface area contributed by atoms with E-state index in [1.807, 2.05) is 32.9 Å². The van der Waals surface area contributed by atoms with E-state index in [2.05, 4.69) is 20.6 Å². The summed E-state index contributed by atoms with van der Waals surface area (Å²) in [5.74, 6) is 0.181. The zero-order valence-corrected chi connectivity index (χ0v) is 16.5. The molecule has 0 spiro atoms. The number of aromatic nitrogens is 3. The van der Waals surface area contributed by atoms with E-state index in [9.17, 15) is 9.59 Å². The number of carbonyl (C=O) groups excluding carboxylic acids is 1. The summed E-state index contributed by atoms with van der Waals surface area (Å²) in [7, 11) is 0. The molecule has 0 aromatic carbocycles. The van der Waals surface area contributed by atoms with Crippen molar-refractivity contribution < 1.29 is 14.5 Å². The minimum absolute atomic E-state index is 0.214. The van der Waals surface area contributed by atoms with Gasteiger partial charge in [0, 0.05) is 32.4 Å². The molecule has 28 heavy (non-hydrogen) atoms. The van der Waals surface area contributed by atoms with E-state index in [0.29, 0.717) is 54.4 Å². The maximum atomic E-state index is 13.0. The predicted molar refractivity (Wildman–Crippen MR) is 108 cm³/mol. The average Bonchev–Trinajstić information content (AvgIpc) is 2.68. The number of amides is 1. The Bertz CT molecular complexity index is 1060. The lowest BCUT2D eigenvalue weighted by atomic mass is 10.2. The van der Waals surface area contributed by atoms with Crippen LogP contribution in [0.15, 0.2) is 29.2 Å². The van der Waals surface area contributed by atoms with Gasteiger partial charge in [-0.3, -0.25) is 4.79 Å². The lowest BCUT2D eigenvalue weighted by Crippen LogP contribution is -2.28. The Kier molecular flexibility index (Phi) is 6.20. The molecule has 3 rings (SSSR count). The minimum Gasteiger partial charge on any atom is -0.382 e. The van der Waals surface area contributed by atoms with E-state index in [4.69, 9.17) is 4.74 Å². The smallest absolute Gasteiger partial charge is 0.325 e. The topological polar surface area (TPSA) is 98.9 Å². The highest BCUT2D eigenvalue weighted by Gasteiger charge is 2.21. The van der Waals surface area contributed by atoms with Crippen LogP contribution in [0, 0.1) is 6.92 Å². The monoisotopic (exact) mass is 384 g/mol. The Balaban J connectivity index is 2.07. The van der Waals surface area contributed by atoms with E-state index >= 15 is 0 Å². The van der Waals surface area contributed by atoms with Crippen molar-refractivity contribution in [2.24, 2.45) is 0 Å². The maximum Gasteiger partial charge on any atom is 0.325 e. The van der Waals surface area contributed by atoms with Crippen molar-refractivity contribution in [1.82, 2.24) is 14.7 Å². The molecule has 1 amide bonds. The van der Waals surface area contributed by atoms with Crippen LogP contribution in [0.1, 0.15) is 36.2 Å². The van der Waals surface area contributed by atoms with E-state index < -0.39 is 0 Å². The second-order valence-electron chi connectivity index (χ2n) is 6.51. The van der Waals surface area contributed by atoms with Crippen LogP contribution in [0.5, 0.6) is 0 Å². The molecule has 0 saturated heterocycles. The van der Waals surface area contributed by atoms with Crippen LogP contribution in [0.3, 0.4) is 0 Å². The first kappa shape index (κ1) is 19.8. The molecule has 0 aliphatic heterocycles.